The van der Waals surface area contributed by atoms with Crippen LogP contribution in [0.3, 0.4) is 0 Å². The number of nitrogens with zero attached hydrogens (tertiary/aromatic N) is 3. The van der Waals surface area contributed by atoms with Gasteiger partial charge in [-0.25, -0.2) is 0 Å². The summed E-state index contributed by atoms with van der Waals surface area (Å²) in [6.45, 7) is 6.77. The fourth-order valence-electron chi connectivity index (χ4n) is 3.85. The first-order valence-electron chi connectivity index (χ1n) is 11.1. The molecule has 0 aromatic heterocycles. The topological polar surface area (TPSA) is 48.4 Å². The highest BCUT2D eigenvalue weighted by Crippen LogP contribution is 2.28. The Balaban J connectivity index is 1.49. The van der Waals surface area contributed by atoms with E-state index < -0.39 is 6.10 Å². The van der Waals surface area contributed by atoms with Crippen molar-refractivity contribution in [3.05, 3.63) is 59.7 Å². The molecule has 1 heterocycles. The fraction of sp³-hybridized carbons (Fsp3) is 0.520. The predicted octanol–water partition coefficient (Wildman–Crippen LogP) is 2.36. The number of hydrogen-bond donors (Lipinski definition) is 1. The van der Waals surface area contributed by atoms with Gasteiger partial charge in [-0.3, -0.25) is 4.90 Å². The van der Waals surface area contributed by atoms with Crippen LogP contribution in [0, 0.1) is 0 Å². The van der Waals surface area contributed by atoms with E-state index in [-0.39, 0.29) is 6.61 Å². The van der Waals surface area contributed by atoms with E-state index >= 15 is 0 Å². The zero-order valence-electron chi connectivity index (χ0n) is 19.2. The summed E-state index contributed by atoms with van der Waals surface area (Å²) >= 11 is 0. The van der Waals surface area contributed by atoms with Gasteiger partial charge in [0.1, 0.15) is 12.7 Å². The molecular weight excluding hydrogens is 390 g/mol. The average molecular weight is 428 g/mol. The van der Waals surface area contributed by atoms with E-state index in [9.17, 15) is 5.11 Å². The summed E-state index contributed by atoms with van der Waals surface area (Å²) in [5, 5.41) is 10.5. The Morgan fingerprint density at radius 3 is 2.45 bits per heavy atom. The van der Waals surface area contributed by atoms with E-state index in [2.05, 4.69) is 59.1 Å². The average Bonchev–Trinajstić information content (AvgIpc) is 2.79. The Hall–Kier alpha value is -2.12. The van der Waals surface area contributed by atoms with Gasteiger partial charge in [0.25, 0.3) is 0 Å². The molecule has 6 nitrogen and oxygen atoms in total. The standard InChI is InChI=1S/C25H37N3O3/c1-26-13-15-28(16-14-26)19-23(29)20-31-25-17-22(9-10-24(25)30-3)18-27(2)12-11-21-7-5-4-6-8-21/h4-10,17,23,29H,11-16,18-20H2,1-3H3/t23-/m0/s1. The Morgan fingerprint density at radius 1 is 1.00 bits per heavy atom. The highest BCUT2D eigenvalue weighted by molar-refractivity contribution is 5.43. The molecule has 6 heteroatoms. The Labute approximate surface area is 187 Å². The van der Waals surface area contributed by atoms with Crippen LogP contribution in [-0.2, 0) is 13.0 Å². The molecule has 1 atom stereocenters. The van der Waals surface area contributed by atoms with Gasteiger partial charge >= 0.3 is 0 Å². The van der Waals surface area contributed by atoms with Crippen molar-refractivity contribution in [3.8, 4) is 11.5 Å². The predicted molar refractivity (Wildman–Crippen MR) is 125 cm³/mol. The molecule has 2 aromatic carbocycles. The zero-order chi connectivity index (χ0) is 22.1. The van der Waals surface area contributed by atoms with E-state index in [1.807, 2.05) is 18.2 Å². The minimum absolute atomic E-state index is 0.260. The molecule has 2 aromatic rings. The second kappa shape index (κ2) is 12.1. The van der Waals surface area contributed by atoms with Crippen LogP contribution in [0.15, 0.2) is 48.5 Å². The van der Waals surface area contributed by atoms with E-state index in [0.717, 1.165) is 45.7 Å². The fourth-order valence-corrected chi connectivity index (χ4v) is 3.85. The van der Waals surface area contributed by atoms with Crippen LogP contribution < -0.4 is 9.47 Å². The molecule has 31 heavy (non-hydrogen) atoms. The second-order valence-corrected chi connectivity index (χ2v) is 8.53. The zero-order valence-corrected chi connectivity index (χ0v) is 19.2. The van der Waals surface area contributed by atoms with E-state index in [0.29, 0.717) is 18.0 Å². The molecule has 0 amide bonds. The van der Waals surface area contributed by atoms with Crippen LogP contribution in [0.25, 0.3) is 0 Å². The number of benzene rings is 2. The number of rotatable bonds is 11. The second-order valence-electron chi connectivity index (χ2n) is 8.53. The van der Waals surface area contributed by atoms with Crippen molar-refractivity contribution in [1.29, 1.82) is 0 Å². The van der Waals surface area contributed by atoms with Gasteiger partial charge < -0.3 is 24.4 Å². The maximum Gasteiger partial charge on any atom is 0.161 e. The van der Waals surface area contributed by atoms with Gasteiger partial charge in [0.15, 0.2) is 11.5 Å². The van der Waals surface area contributed by atoms with Gasteiger partial charge in [-0.15, -0.1) is 0 Å². The maximum atomic E-state index is 10.5. The quantitative estimate of drug-likeness (QED) is 0.594. The van der Waals surface area contributed by atoms with E-state index in [1.54, 1.807) is 7.11 Å². The van der Waals surface area contributed by atoms with Crippen molar-refractivity contribution in [2.75, 3.05) is 67.1 Å². The summed E-state index contributed by atoms with van der Waals surface area (Å²) in [5.74, 6) is 1.39. The summed E-state index contributed by atoms with van der Waals surface area (Å²) in [5.41, 5.74) is 2.52. The molecule has 0 bridgehead atoms. The van der Waals surface area contributed by atoms with Crippen LogP contribution in [0.5, 0.6) is 11.5 Å². The van der Waals surface area contributed by atoms with Gasteiger partial charge in [0.2, 0.25) is 0 Å². The summed E-state index contributed by atoms with van der Waals surface area (Å²) in [4.78, 5) is 6.91. The molecule has 1 aliphatic rings. The molecule has 0 unspecified atom stereocenters. The number of likely N-dealkylation sites (N-methyl/N-ethyl adjacent to an activating group) is 2. The molecule has 0 saturated carbocycles. The van der Waals surface area contributed by atoms with E-state index in [1.165, 1.54) is 11.1 Å². The number of ether oxygens (including phenoxy) is 2. The SMILES string of the molecule is COc1ccc(CN(C)CCc2ccccc2)cc1OC[C@@H](O)CN1CCN(C)CC1. The van der Waals surface area contributed by atoms with Crippen molar-refractivity contribution < 1.29 is 14.6 Å². The molecule has 170 valence electrons. The van der Waals surface area contributed by atoms with Gasteiger partial charge in [-0.1, -0.05) is 36.4 Å². The number of β-amino-alcohol motifs (C(OH)–C–C–N with tert-alkyl or cyclic N) is 1. The number of hydrogen-bond acceptors (Lipinski definition) is 6. The van der Waals surface area contributed by atoms with Crippen molar-refractivity contribution in [2.45, 2.75) is 19.1 Å². The summed E-state index contributed by atoms with van der Waals surface area (Å²) in [6, 6.07) is 16.6. The largest absolute Gasteiger partial charge is 0.493 e. The molecule has 3 rings (SSSR count). The first-order chi connectivity index (χ1) is 15.0. The minimum Gasteiger partial charge on any atom is -0.493 e. The first-order valence-corrected chi connectivity index (χ1v) is 11.1. The molecule has 0 radical (unpaired) electrons. The van der Waals surface area contributed by atoms with Crippen LogP contribution in [0.4, 0.5) is 0 Å². The Bertz CT molecular complexity index is 779. The van der Waals surface area contributed by atoms with E-state index in [4.69, 9.17) is 9.47 Å². The lowest BCUT2D eigenvalue weighted by atomic mass is 10.1. The molecular formula is C25H37N3O3. The van der Waals surface area contributed by atoms with Crippen molar-refractivity contribution in [2.24, 2.45) is 0 Å². The highest BCUT2D eigenvalue weighted by Gasteiger charge is 2.18. The third-order valence-electron chi connectivity index (χ3n) is 5.80. The normalized spacial score (nSPS) is 16.4. The smallest absolute Gasteiger partial charge is 0.161 e. The molecule has 1 aliphatic heterocycles. The lowest BCUT2D eigenvalue weighted by Crippen LogP contribution is -2.47. The Morgan fingerprint density at radius 2 is 1.74 bits per heavy atom. The number of methoxy groups -OCH3 is 1. The van der Waals surface area contributed by atoms with Gasteiger partial charge in [-0.05, 0) is 43.8 Å². The molecule has 1 saturated heterocycles. The van der Waals surface area contributed by atoms with Gasteiger partial charge in [0, 0.05) is 45.8 Å². The van der Waals surface area contributed by atoms with Crippen LogP contribution >= 0.6 is 0 Å². The number of aliphatic hydroxyl groups excluding tert-OH is 1. The molecule has 0 spiro atoms. The van der Waals surface area contributed by atoms with Gasteiger partial charge in [-0.2, -0.15) is 0 Å². The monoisotopic (exact) mass is 427 g/mol. The van der Waals surface area contributed by atoms with Crippen molar-refractivity contribution in [1.82, 2.24) is 14.7 Å². The van der Waals surface area contributed by atoms with Crippen molar-refractivity contribution in [3.63, 3.8) is 0 Å². The molecule has 0 aliphatic carbocycles. The lowest BCUT2D eigenvalue weighted by molar-refractivity contribution is 0.0497. The number of aliphatic hydroxyl groups is 1. The third-order valence-corrected chi connectivity index (χ3v) is 5.80. The van der Waals surface area contributed by atoms with Crippen LogP contribution in [0.1, 0.15) is 11.1 Å². The molecule has 1 fully saturated rings. The lowest BCUT2D eigenvalue weighted by Gasteiger charge is -2.33. The minimum atomic E-state index is -0.523. The Kier molecular flexibility index (Phi) is 9.15. The summed E-state index contributed by atoms with van der Waals surface area (Å²) in [7, 11) is 5.91. The van der Waals surface area contributed by atoms with Crippen molar-refractivity contribution >= 4 is 0 Å². The first kappa shape index (κ1) is 23.5. The number of piperazine rings is 1. The maximum absolute atomic E-state index is 10.5. The van der Waals surface area contributed by atoms with Crippen LogP contribution in [0.2, 0.25) is 0 Å². The third kappa shape index (κ3) is 7.82. The summed E-state index contributed by atoms with van der Waals surface area (Å²) < 4.78 is 11.4. The highest BCUT2D eigenvalue weighted by atomic mass is 16.5. The van der Waals surface area contributed by atoms with Gasteiger partial charge in [0.05, 0.1) is 7.11 Å². The molecule has 1 N–H and O–H groups in total. The van der Waals surface area contributed by atoms with Crippen LogP contribution in [-0.4, -0.2) is 93.0 Å². The summed E-state index contributed by atoms with van der Waals surface area (Å²) in [6.07, 6.45) is 0.500.